The Labute approximate surface area is 87.5 Å². The third kappa shape index (κ3) is 1.63. The quantitative estimate of drug-likeness (QED) is 0.691. The van der Waals surface area contributed by atoms with E-state index in [-0.39, 0.29) is 0 Å². The van der Waals surface area contributed by atoms with Gasteiger partial charge in [-0.2, -0.15) is 0 Å². The van der Waals surface area contributed by atoms with Crippen molar-refractivity contribution in [1.29, 1.82) is 0 Å². The zero-order chi connectivity index (χ0) is 9.97. The van der Waals surface area contributed by atoms with E-state index in [1.54, 1.807) is 4.68 Å². The maximum Gasteiger partial charge on any atom is 0.174 e. The molecule has 72 valence electrons. The number of aromatic nitrogens is 3. The van der Waals surface area contributed by atoms with Crippen LogP contribution in [0.15, 0.2) is 36.7 Å². The lowest BCUT2D eigenvalue weighted by Gasteiger charge is -1.94. The molecule has 0 spiro atoms. The van der Waals surface area contributed by atoms with Gasteiger partial charge in [0.15, 0.2) is 18.1 Å². The van der Waals surface area contributed by atoms with Gasteiger partial charge in [-0.1, -0.05) is 23.7 Å². The largest absolute Gasteiger partial charge is 0.174 e. The Morgan fingerprint density at radius 1 is 1.43 bits per heavy atom. The summed E-state index contributed by atoms with van der Waals surface area (Å²) in [4.78, 5) is 0. The Bertz CT molecular complexity index is 436. The number of hydrogen-bond acceptors (Lipinski definition) is 1. The molecule has 0 amide bonds. The highest BCUT2D eigenvalue weighted by Gasteiger charge is 2.10. The van der Waals surface area contributed by atoms with Crippen LogP contribution < -0.4 is 4.68 Å². The predicted molar refractivity (Wildman–Crippen MR) is 54.4 cm³/mol. The zero-order valence-corrected chi connectivity index (χ0v) is 8.65. The zero-order valence-electron chi connectivity index (χ0n) is 7.89. The van der Waals surface area contributed by atoms with E-state index in [1.807, 2.05) is 48.3 Å². The van der Waals surface area contributed by atoms with Gasteiger partial charge >= 0.3 is 0 Å². The van der Waals surface area contributed by atoms with Crippen LogP contribution >= 0.6 is 11.6 Å². The first-order valence-electron chi connectivity index (χ1n) is 4.51. The van der Waals surface area contributed by atoms with E-state index < -0.39 is 0 Å². The van der Waals surface area contributed by atoms with Crippen LogP contribution in [0.3, 0.4) is 0 Å². The Hall–Kier alpha value is -1.35. The standard InChI is InChI=1S/C10H11ClN3/c1-2-13-7-8-14(12-13)10-6-4-3-5-9(10)11/h3-8H,2H2,1H3/q+1. The number of rotatable bonds is 2. The van der Waals surface area contributed by atoms with Crippen molar-refractivity contribution in [3.05, 3.63) is 41.7 Å². The van der Waals surface area contributed by atoms with Crippen molar-refractivity contribution in [3.63, 3.8) is 0 Å². The molecule has 0 bridgehead atoms. The van der Waals surface area contributed by atoms with Crippen molar-refractivity contribution in [2.24, 2.45) is 0 Å². The molecular formula is C10H11ClN3+. The number of hydrogen-bond donors (Lipinski definition) is 0. The van der Waals surface area contributed by atoms with Gasteiger partial charge in [0.1, 0.15) is 6.54 Å². The average molecular weight is 209 g/mol. The molecule has 0 aliphatic rings. The van der Waals surface area contributed by atoms with Crippen molar-refractivity contribution in [2.45, 2.75) is 13.5 Å². The molecular weight excluding hydrogens is 198 g/mol. The second kappa shape index (κ2) is 3.80. The summed E-state index contributed by atoms with van der Waals surface area (Å²) >= 11 is 6.04. The fourth-order valence-corrected chi connectivity index (χ4v) is 1.48. The van der Waals surface area contributed by atoms with Crippen LogP contribution in [0.2, 0.25) is 5.02 Å². The minimum Gasteiger partial charge on any atom is -0.137 e. The molecule has 0 aliphatic carbocycles. The Kier molecular flexibility index (Phi) is 2.50. The van der Waals surface area contributed by atoms with Crippen LogP contribution in [0.4, 0.5) is 0 Å². The molecule has 1 aromatic carbocycles. The molecule has 2 rings (SSSR count). The molecule has 0 atom stereocenters. The molecule has 0 fully saturated rings. The van der Waals surface area contributed by atoms with Gasteiger partial charge in [-0.05, 0) is 19.1 Å². The highest BCUT2D eigenvalue weighted by Crippen LogP contribution is 2.17. The second-order valence-corrected chi connectivity index (χ2v) is 3.35. The van der Waals surface area contributed by atoms with Gasteiger partial charge in [0, 0.05) is 0 Å². The minimum atomic E-state index is 0.707. The first-order chi connectivity index (χ1) is 6.81. The summed E-state index contributed by atoms with van der Waals surface area (Å²) in [6.45, 7) is 2.90. The van der Waals surface area contributed by atoms with E-state index in [4.69, 9.17) is 11.6 Å². The van der Waals surface area contributed by atoms with Crippen LogP contribution in [0.25, 0.3) is 5.69 Å². The van der Waals surface area contributed by atoms with Crippen LogP contribution in [-0.2, 0) is 6.54 Å². The second-order valence-electron chi connectivity index (χ2n) is 2.94. The summed E-state index contributed by atoms with van der Waals surface area (Å²) < 4.78 is 3.62. The Morgan fingerprint density at radius 2 is 2.21 bits per heavy atom. The molecule has 1 aromatic heterocycles. The molecule has 0 N–H and O–H groups in total. The van der Waals surface area contributed by atoms with E-state index in [1.165, 1.54) is 0 Å². The smallest absolute Gasteiger partial charge is 0.137 e. The van der Waals surface area contributed by atoms with E-state index in [2.05, 4.69) is 5.21 Å². The van der Waals surface area contributed by atoms with Gasteiger partial charge in [-0.3, -0.25) is 0 Å². The molecule has 14 heavy (non-hydrogen) atoms. The summed E-state index contributed by atoms with van der Waals surface area (Å²) in [6, 6.07) is 7.65. The maximum absolute atomic E-state index is 6.04. The molecule has 2 aromatic rings. The van der Waals surface area contributed by atoms with Crippen molar-refractivity contribution in [1.82, 2.24) is 9.90 Å². The molecule has 0 saturated heterocycles. The number of para-hydroxylation sites is 1. The first kappa shape index (κ1) is 9.21. The SMILES string of the molecule is CC[n+]1ccn(-c2ccccc2Cl)n1. The molecule has 0 unspecified atom stereocenters. The number of nitrogens with zero attached hydrogens (tertiary/aromatic N) is 3. The van der Waals surface area contributed by atoms with Crippen LogP contribution in [0.1, 0.15) is 6.92 Å². The van der Waals surface area contributed by atoms with Gasteiger partial charge in [0.2, 0.25) is 0 Å². The molecule has 3 nitrogen and oxygen atoms in total. The molecule has 0 aliphatic heterocycles. The molecule has 0 saturated carbocycles. The van der Waals surface area contributed by atoms with Crippen molar-refractivity contribution >= 4 is 11.6 Å². The average Bonchev–Trinajstić information content (AvgIpc) is 2.67. The molecule has 4 heteroatoms. The predicted octanol–water partition coefficient (Wildman–Crippen LogP) is 1.83. The third-order valence-corrected chi connectivity index (χ3v) is 2.33. The lowest BCUT2D eigenvalue weighted by molar-refractivity contribution is -0.751. The van der Waals surface area contributed by atoms with Crippen molar-refractivity contribution in [2.75, 3.05) is 0 Å². The van der Waals surface area contributed by atoms with Gasteiger partial charge in [-0.25, -0.2) is 0 Å². The van der Waals surface area contributed by atoms with Gasteiger partial charge in [-0.15, -0.1) is 9.36 Å². The fraction of sp³-hybridized carbons (Fsp3) is 0.200. The van der Waals surface area contributed by atoms with Gasteiger partial charge in [0.25, 0.3) is 0 Å². The van der Waals surface area contributed by atoms with E-state index >= 15 is 0 Å². The lowest BCUT2D eigenvalue weighted by Crippen LogP contribution is -2.34. The normalized spacial score (nSPS) is 10.4. The van der Waals surface area contributed by atoms with E-state index in [0.717, 1.165) is 12.2 Å². The van der Waals surface area contributed by atoms with Gasteiger partial charge in [0.05, 0.1) is 10.2 Å². The third-order valence-electron chi connectivity index (χ3n) is 2.01. The maximum atomic E-state index is 6.04. The summed E-state index contributed by atoms with van der Waals surface area (Å²) in [5.74, 6) is 0. The number of benzene rings is 1. The lowest BCUT2D eigenvalue weighted by atomic mass is 10.3. The topological polar surface area (TPSA) is 21.7 Å². The summed E-state index contributed by atoms with van der Waals surface area (Å²) in [7, 11) is 0. The van der Waals surface area contributed by atoms with Crippen molar-refractivity contribution in [3.8, 4) is 5.69 Å². The summed E-state index contributed by atoms with van der Waals surface area (Å²) in [5, 5.41) is 5.02. The molecule has 0 radical (unpaired) electrons. The van der Waals surface area contributed by atoms with Crippen LogP contribution in [0.5, 0.6) is 0 Å². The van der Waals surface area contributed by atoms with Crippen LogP contribution in [0, 0.1) is 0 Å². The summed E-state index contributed by atoms with van der Waals surface area (Å²) in [6.07, 6.45) is 3.81. The Morgan fingerprint density at radius 3 is 2.86 bits per heavy atom. The van der Waals surface area contributed by atoms with E-state index in [0.29, 0.717) is 5.02 Å². The number of halogens is 1. The van der Waals surface area contributed by atoms with E-state index in [9.17, 15) is 0 Å². The Balaban J connectivity index is 2.44. The first-order valence-corrected chi connectivity index (χ1v) is 4.89. The van der Waals surface area contributed by atoms with Gasteiger partial charge < -0.3 is 0 Å². The summed E-state index contributed by atoms with van der Waals surface area (Å²) in [5.41, 5.74) is 0.904. The fourth-order valence-electron chi connectivity index (χ4n) is 1.26. The minimum absolute atomic E-state index is 0.707. The van der Waals surface area contributed by atoms with Crippen LogP contribution in [-0.4, -0.2) is 9.90 Å². The molecule has 1 heterocycles. The highest BCUT2D eigenvalue weighted by molar-refractivity contribution is 6.32. The number of aryl methyl sites for hydroxylation is 1. The monoisotopic (exact) mass is 208 g/mol. The highest BCUT2D eigenvalue weighted by atomic mass is 35.5. The van der Waals surface area contributed by atoms with Crippen molar-refractivity contribution < 1.29 is 4.68 Å².